The van der Waals surface area contributed by atoms with Crippen LogP contribution in [-0.2, 0) is 10.0 Å². The van der Waals surface area contributed by atoms with Crippen LogP contribution in [0.25, 0.3) is 0 Å². The zero-order valence-corrected chi connectivity index (χ0v) is 20.3. The van der Waals surface area contributed by atoms with E-state index >= 15 is 0 Å². The molecule has 184 valence electrons. The lowest BCUT2D eigenvalue weighted by Gasteiger charge is -2.36. The fourth-order valence-electron chi connectivity index (χ4n) is 4.56. The van der Waals surface area contributed by atoms with E-state index < -0.39 is 20.7 Å². The zero-order chi connectivity index (χ0) is 24.0. The summed E-state index contributed by atoms with van der Waals surface area (Å²) in [6, 6.07) is 14.0. The van der Waals surface area contributed by atoms with Gasteiger partial charge in [0.05, 0.1) is 0 Å². The van der Waals surface area contributed by atoms with Gasteiger partial charge in [0.1, 0.15) is 10.7 Å². The monoisotopic (exact) mass is 488 g/mol. The van der Waals surface area contributed by atoms with Gasteiger partial charge in [-0.3, -0.25) is 9.69 Å². The third kappa shape index (κ3) is 5.95. The third-order valence-electron chi connectivity index (χ3n) is 6.56. The number of rotatable bonds is 8. The van der Waals surface area contributed by atoms with Crippen LogP contribution in [-0.4, -0.2) is 75.9 Å². The standard InChI is InChI=1S/C25H33FN4O3S/c26-23-11-10-21(20-24(23)34(32,33)30-14-5-2-6-15-30)25(31)27-12-7-13-28-16-18-29(19-17-28)22-8-3-1-4-9-22/h1,3-4,8-11,20H,2,5-7,12-19H2,(H,27,31). The molecule has 0 aliphatic carbocycles. The number of para-hydroxylation sites is 1. The number of carbonyl (C=O) groups is 1. The van der Waals surface area contributed by atoms with Gasteiger partial charge in [-0.2, -0.15) is 4.31 Å². The molecular formula is C25H33FN4O3S. The molecule has 0 saturated carbocycles. The van der Waals surface area contributed by atoms with Gasteiger partial charge in [0, 0.05) is 57.1 Å². The topological polar surface area (TPSA) is 73.0 Å². The van der Waals surface area contributed by atoms with Crippen molar-refractivity contribution in [1.29, 1.82) is 0 Å². The smallest absolute Gasteiger partial charge is 0.251 e. The zero-order valence-electron chi connectivity index (χ0n) is 19.5. The van der Waals surface area contributed by atoms with Crippen LogP contribution in [0.2, 0.25) is 0 Å². The third-order valence-corrected chi connectivity index (χ3v) is 8.47. The molecule has 2 heterocycles. The van der Waals surface area contributed by atoms with Crippen molar-refractivity contribution in [2.45, 2.75) is 30.6 Å². The second-order valence-electron chi connectivity index (χ2n) is 8.88. The van der Waals surface area contributed by atoms with Crippen LogP contribution in [0.4, 0.5) is 10.1 Å². The first-order chi connectivity index (χ1) is 16.4. The molecule has 1 amide bonds. The lowest BCUT2D eigenvalue weighted by Crippen LogP contribution is -2.47. The van der Waals surface area contributed by atoms with E-state index in [2.05, 4.69) is 39.4 Å². The number of nitrogens with one attached hydrogen (secondary N) is 1. The van der Waals surface area contributed by atoms with E-state index in [1.54, 1.807) is 0 Å². The van der Waals surface area contributed by atoms with Gasteiger partial charge in [-0.25, -0.2) is 12.8 Å². The van der Waals surface area contributed by atoms with Crippen molar-refractivity contribution in [2.24, 2.45) is 0 Å². The predicted octanol–water partition coefficient (Wildman–Crippen LogP) is 2.94. The number of anilines is 1. The molecule has 2 aromatic carbocycles. The summed E-state index contributed by atoms with van der Waals surface area (Å²) in [5, 5.41) is 2.84. The summed E-state index contributed by atoms with van der Waals surface area (Å²) < 4.78 is 41.5. The second kappa shape index (κ2) is 11.3. The predicted molar refractivity (Wildman–Crippen MR) is 131 cm³/mol. The number of amides is 1. The van der Waals surface area contributed by atoms with Crippen molar-refractivity contribution in [3.8, 4) is 0 Å². The number of carbonyl (C=O) groups excluding carboxylic acids is 1. The summed E-state index contributed by atoms with van der Waals surface area (Å²) in [5.74, 6) is -1.21. The van der Waals surface area contributed by atoms with Gasteiger partial charge in [0.15, 0.2) is 0 Å². The maximum atomic E-state index is 14.4. The first-order valence-electron chi connectivity index (χ1n) is 12.1. The lowest BCUT2D eigenvalue weighted by atomic mass is 10.2. The van der Waals surface area contributed by atoms with Crippen LogP contribution in [0.3, 0.4) is 0 Å². The molecule has 0 unspecified atom stereocenters. The van der Waals surface area contributed by atoms with Crippen LogP contribution >= 0.6 is 0 Å². The fourth-order valence-corrected chi connectivity index (χ4v) is 6.17. The maximum Gasteiger partial charge on any atom is 0.251 e. The Balaban J connectivity index is 1.25. The SMILES string of the molecule is O=C(NCCCN1CCN(c2ccccc2)CC1)c1ccc(F)c(S(=O)(=O)N2CCCCC2)c1. The van der Waals surface area contributed by atoms with Gasteiger partial charge in [-0.15, -0.1) is 0 Å². The van der Waals surface area contributed by atoms with E-state index in [9.17, 15) is 17.6 Å². The number of sulfonamides is 1. The molecule has 0 aromatic heterocycles. The highest BCUT2D eigenvalue weighted by Gasteiger charge is 2.29. The van der Waals surface area contributed by atoms with Crippen LogP contribution in [0.1, 0.15) is 36.0 Å². The minimum atomic E-state index is -3.95. The summed E-state index contributed by atoms with van der Waals surface area (Å²) >= 11 is 0. The number of halogens is 1. The summed E-state index contributed by atoms with van der Waals surface area (Å²) in [6.45, 7) is 6.01. The molecule has 0 atom stereocenters. The molecule has 2 fully saturated rings. The first kappa shape index (κ1) is 24.6. The largest absolute Gasteiger partial charge is 0.369 e. The summed E-state index contributed by atoms with van der Waals surface area (Å²) in [4.78, 5) is 16.9. The molecule has 2 saturated heterocycles. The Morgan fingerprint density at radius 2 is 1.62 bits per heavy atom. The van der Waals surface area contributed by atoms with Crippen molar-refractivity contribution >= 4 is 21.6 Å². The molecule has 2 aliphatic rings. The lowest BCUT2D eigenvalue weighted by molar-refractivity contribution is 0.0951. The Morgan fingerprint density at radius 1 is 0.912 bits per heavy atom. The van der Waals surface area contributed by atoms with E-state index in [4.69, 9.17) is 0 Å². The van der Waals surface area contributed by atoms with Crippen LogP contribution in [0, 0.1) is 5.82 Å². The van der Waals surface area contributed by atoms with Crippen molar-refractivity contribution < 1.29 is 17.6 Å². The van der Waals surface area contributed by atoms with Gasteiger partial charge in [0.2, 0.25) is 10.0 Å². The maximum absolute atomic E-state index is 14.4. The van der Waals surface area contributed by atoms with Gasteiger partial charge < -0.3 is 10.2 Å². The summed E-state index contributed by atoms with van der Waals surface area (Å²) in [5.41, 5.74) is 1.41. The average Bonchev–Trinajstić information content (AvgIpc) is 2.88. The molecule has 0 spiro atoms. The number of piperazine rings is 1. The minimum absolute atomic E-state index is 0.161. The molecule has 4 rings (SSSR count). The summed E-state index contributed by atoms with van der Waals surface area (Å²) in [7, 11) is -3.95. The van der Waals surface area contributed by atoms with E-state index in [0.29, 0.717) is 19.6 Å². The Bertz CT molecular complexity index is 1070. The van der Waals surface area contributed by atoms with Gasteiger partial charge in [-0.1, -0.05) is 24.6 Å². The second-order valence-corrected chi connectivity index (χ2v) is 10.8. The molecule has 2 aliphatic heterocycles. The Kier molecular flexibility index (Phi) is 8.18. The molecular weight excluding hydrogens is 455 g/mol. The van der Waals surface area contributed by atoms with E-state index in [1.807, 2.05) is 6.07 Å². The highest BCUT2D eigenvalue weighted by atomic mass is 32.2. The highest BCUT2D eigenvalue weighted by Crippen LogP contribution is 2.24. The van der Waals surface area contributed by atoms with Crippen LogP contribution in [0.5, 0.6) is 0 Å². The van der Waals surface area contributed by atoms with Gasteiger partial charge in [-0.05, 0) is 56.1 Å². The van der Waals surface area contributed by atoms with Crippen LogP contribution < -0.4 is 10.2 Å². The van der Waals surface area contributed by atoms with Crippen molar-refractivity contribution in [2.75, 3.05) is 57.3 Å². The number of hydrogen-bond donors (Lipinski definition) is 1. The molecule has 2 aromatic rings. The average molecular weight is 489 g/mol. The first-order valence-corrected chi connectivity index (χ1v) is 13.5. The minimum Gasteiger partial charge on any atom is -0.369 e. The molecule has 7 nitrogen and oxygen atoms in total. The Morgan fingerprint density at radius 3 is 2.32 bits per heavy atom. The molecule has 0 radical (unpaired) electrons. The Hall–Kier alpha value is -2.49. The van der Waals surface area contributed by atoms with Crippen molar-refractivity contribution in [3.05, 3.63) is 59.9 Å². The van der Waals surface area contributed by atoms with Gasteiger partial charge in [0.25, 0.3) is 5.91 Å². The molecule has 0 bridgehead atoms. The molecule has 34 heavy (non-hydrogen) atoms. The number of benzene rings is 2. The molecule has 1 N–H and O–H groups in total. The van der Waals surface area contributed by atoms with E-state index in [-0.39, 0.29) is 11.5 Å². The highest BCUT2D eigenvalue weighted by molar-refractivity contribution is 7.89. The van der Waals surface area contributed by atoms with E-state index in [0.717, 1.165) is 70.5 Å². The van der Waals surface area contributed by atoms with Gasteiger partial charge >= 0.3 is 0 Å². The Labute approximate surface area is 201 Å². The summed E-state index contributed by atoms with van der Waals surface area (Å²) in [6.07, 6.45) is 3.29. The fraction of sp³-hybridized carbons (Fsp3) is 0.480. The van der Waals surface area contributed by atoms with Crippen LogP contribution in [0.15, 0.2) is 53.4 Å². The number of piperidine rings is 1. The number of nitrogens with zero attached hydrogens (tertiary/aromatic N) is 3. The van der Waals surface area contributed by atoms with Crippen molar-refractivity contribution in [3.63, 3.8) is 0 Å². The quantitative estimate of drug-likeness (QED) is 0.579. The number of hydrogen-bond acceptors (Lipinski definition) is 5. The van der Waals surface area contributed by atoms with E-state index in [1.165, 1.54) is 16.1 Å². The van der Waals surface area contributed by atoms with Crippen molar-refractivity contribution in [1.82, 2.24) is 14.5 Å². The molecule has 9 heteroatoms. The normalized spacial score (nSPS) is 18.1.